The number of aromatic nitrogens is 2. The number of carboxylic acids is 1. The maximum Gasteiger partial charge on any atom is 1.00 e. The van der Waals surface area contributed by atoms with Crippen LogP contribution in [0.4, 0.5) is 8.78 Å². The molecule has 1 heterocycles. The molecular weight excluding hydrogens is 285 g/mol. The third-order valence-electron chi connectivity index (χ3n) is 2.83. The average Bonchev–Trinajstić information content (AvgIpc) is 2.79. The molecule has 0 saturated carbocycles. The van der Waals surface area contributed by atoms with Crippen molar-refractivity contribution in [2.24, 2.45) is 0 Å². The van der Waals surface area contributed by atoms with Crippen LogP contribution in [-0.2, 0) is 28.4 Å². The first-order chi connectivity index (χ1) is 8.86. The van der Waals surface area contributed by atoms with E-state index in [1.807, 2.05) is 0 Å². The molecule has 1 aromatic heterocycles. The molecule has 0 unspecified atom stereocenters. The van der Waals surface area contributed by atoms with Crippen LogP contribution in [0.25, 0.3) is 0 Å². The predicted molar refractivity (Wildman–Crippen MR) is 55.4 cm³/mol. The summed E-state index contributed by atoms with van der Waals surface area (Å²) >= 11 is 0. The number of fused-ring (bicyclic) bond motifs is 1. The second-order valence-electron chi connectivity index (χ2n) is 4.13. The van der Waals surface area contributed by atoms with E-state index >= 15 is 0 Å². The van der Waals surface area contributed by atoms with E-state index in [0.29, 0.717) is 4.68 Å². The van der Waals surface area contributed by atoms with Gasteiger partial charge in [-0.25, -0.2) is 4.79 Å². The Bertz CT molecular complexity index is 545. The van der Waals surface area contributed by atoms with Crippen molar-refractivity contribution in [3.05, 3.63) is 17.0 Å². The van der Waals surface area contributed by atoms with Crippen LogP contribution in [0, 0.1) is 0 Å². The number of hydrogen-bond acceptors (Lipinski definition) is 5. The van der Waals surface area contributed by atoms with Gasteiger partial charge in [0.2, 0.25) is 0 Å². The minimum atomic E-state index is -3.19. The van der Waals surface area contributed by atoms with Crippen molar-refractivity contribution in [3.63, 3.8) is 0 Å². The Balaban J connectivity index is 0.00000200. The van der Waals surface area contributed by atoms with Gasteiger partial charge in [0.05, 0.1) is 19.1 Å². The number of aliphatic carboxylic acids is 1. The number of halogens is 2. The molecule has 1 aromatic rings. The van der Waals surface area contributed by atoms with Gasteiger partial charge >= 0.3 is 35.5 Å². The van der Waals surface area contributed by atoms with Crippen molar-refractivity contribution in [1.29, 1.82) is 0 Å². The molecule has 0 fully saturated rings. The van der Waals surface area contributed by atoms with E-state index in [1.54, 1.807) is 6.92 Å². The van der Waals surface area contributed by atoms with Gasteiger partial charge in [-0.3, -0.25) is 4.68 Å². The minimum Gasteiger partial charge on any atom is -0.548 e. The van der Waals surface area contributed by atoms with E-state index in [-0.39, 0.29) is 53.8 Å². The van der Waals surface area contributed by atoms with Crippen molar-refractivity contribution in [2.45, 2.75) is 32.2 Å². The molecule has 0 aromatic carbocycles. The monoisotopic (exact) mass is 296 g/mol. The molecule has 1 aliphatic carbocycles. The van der Waals surface area contributed by atoms with E-state index in [0.717, 1.165) is 0 Å². The quantitative estimate of drug-likeness (QED) is 0.433. The second kappa shape index (κ2) is 6.19. The van der Waals surface area contributed by atoms with E-state index in [1.165, 1.54) is 0 Å². The Morgan fingerprint density at radius 2 is 2.15 bits per heavy atom. The molecule has 104 valence electrons. The number of ether oxygens (including phenoxy) is 1. The molecule has 0 bridgehead atoms. The van der Waals surface area contributed by atoms with E-state index < -0.39 is 36.5 Å². The third kappa shape index (κ3) is 3.02. The molecule has 6 nitrogen and oxygen atoms in total. The van der Waals surface area contributed by atoms with Crippen molar-refractivity contribution < 1.29 is 57.8 Å². The first kappa shape index (κ1) is 17.1. The summed E-state index contributed by atoms with van der Waals surface area (Å²) in [5, 5.41) is 14.2. The van der Waals surface area contributed by atoms with Crippen LogP contribution >= 0.6 is 0 Å². The van der Waals surface area contributed by atoms with Crippen LogP contribution in [0.15, 0.2) is 0 Å². The van der Waals surface area contributed by atoms with E-state index in [4.69, 9.17) is 4.74 Å². The summed E-state index contributed by atoms with van der Waals surface area (Å²) in [6.07, 6.45) is -0.511. The van der Waals surface area contributed by atoms with Gasteiger partial charge in [-0.2, -0.15) is 13.9 Å². The molecule has 0 saturated heterocycles. The number of nitrogens with zero attached hydrogens (tertiary/aromatic N) is 2. The molecule has 0 aliphatic heterocycles. The number of carboxylic acid groups (broad SMARTS) is 1. The number of hydrogen-bond donors (Lipinski definition) is 0. The largest absolute Gasteiger partial charge is 1.00 e. The van der Waals surface area contributed by atoms with Crippen LogP contribution in [0.1, 0.15) is 35.1 Å². The summed E-state index contributed by atoms with van der Waals surface area (Å²) in [7, 11) is 0. The molecular formula is C11H11F2N2NaO4. The van der Waals surface area contributed by atoms with Crippen molar-refractivity contribution >= 4 is 11.9 Å². The summed E-state index contributed by atoms with van der Waals surface area (Å²) in [5.41, 5.74) is -0.709. The Kier molecular flexibility index (Phi) is 5.28. The fourth-order valence-corrected chi connectivity index (χ4v) is 2.15. The third-order valence-corrected chi connectivity index (χ3v) is 2.83. The van der Waals surface area contributed by atoms with Gasteiger partial charge in [0, 0.05) is 12.0 Å². The second-order valence-corrected chi connectivity index (χ2v) is 4.13. The zero-order valence-electron chi connectivity index (χ0n) is 11.1. The summed E-state index contributed by atoms with van der Waals surface area (Å²) < 4.78 is 32.7. The molecule has 2 rings (SSSR count). The first-order valence-electron chi connectivity index (χ1n) is 5.71. The number of carbonyl (C=O) groups excluding carboxylic acids is 2. The number of carbonyl (C=O) groups is 2. The van der Waals surface area contributed by atoms with Gasteiger partial charge in [-0.05, 0) is 13.3 Å². The Morgan fingerprint density at radius 3 is 2.70 bits per heavy atom. The van der Waals surface area contributed by atoms with E-state index in [2.05, 4.69) is 5.10 Å². The Labute approximate surface area is 135 Å². The zero-order chi connectivity index (χ0) is 14.2. The van der Waals surface area contributed by atoms with Crippen molar-refractivity contribution in [3.8, 4) is 0 Å². The number of alkyl halides is 2. The van der Waals surface area contributed by atoms with Crippen LogP contribution in [0.3, 0.4) is 0 Å². The van der Waals surface area contributed by atoms with Crippen LogP contribution < -0.4 is 34.7 Å². The van der Waals surface area contributed by atoms with Crippen LogP contribution in [0.5, 0.6) is 0 Å². The Morgan fingerprint density at radius 1 is 1.50 bits per heavy atom. The van der Waals surface area contributed by atoms with Gasteiger partial charge < -0.3 is 14.6 Å². The zero-order valence-corrected chi connectivity index (χ0v) is 13.1. The van der Waals surface area contributed by atoms with Gasteiger partial charge in [-0.1, -0.05) is 0 Å². The molecule has 0 amide bonds. The van der Waals surface area contributed by atoms with Crippen molar-refractivity contribution in [1.82, 2.24) is 9.78 Å². The molecule has 9 heteroatoms. The topological polar surface area (TPSA) is 84.2 Å². The van der Waals surface area contributed by atoms with Gasteiger partial charge in [0.1, 0.15) is 5.69 Å². The van der Waals surface area contributed by atoms with Gasteiger partial charge in [0.25, 0.3) is 5.92 Å². The van der Waals surface area contributed by atoms with Gasteiger partial charge in [0.15, 0.2) is 5.69 Å². The van der Waals surface area contributed by atoms with Gasteiger partial charge in [-0.15, -0.1) is 0 Å². The maximum atomic E-state index is 13.7. The van der Waals surface area contributed by atoms with Crippen LogP contribution in [0.2, 0.25) is 0 Å². The normalized spacial score (nSPS) is 15.3. The fourth-order valence-electron chi connectivity index (χ4n) is 2.15. The molecule has 0 spiro atoms. The predicted octanol–water partition coefficient (Wildman–Crippen LogP) is -3.15. The molecule has 0 N–H and O–H groups in total. The molecule has 1 aliphatic rings. The minimum absolute atomic E-state index is 0. The summed E-state index contributed by atoms with van der Waals surface area (Å²) in [5.74, 6) is -5.57. The van der Waals surface area contributed by atoms with E-state index in [9.17, 15) is 23.5 Å². The number of esters is 1. The average molecular weight is 296 g/mol. The molecule has 20 heavy (non-hydrogen) atoms. The first-order valence-corrected chi connectivity index (χ1v) is 5.71. The molecule has 0 atom stereocenters. The molecule has 0 radical (unpaired) electrons. The standard InChI is InChI=1S/C11H12F2N2O4.Na/c1-2-19-10(18)8-6-3-4-11(12,13)9(6)15(14-8)5-7(16)17;/h2-5H2,1H3,(H,16,17);/q;+1/p-1. The fraction of sp³-hybridized carbons (Fsp3) is 0.545. The maximum absolute atomic E-state index is 13.7. The smallest absolute Gasteiger partial charge is 0.548 e. The Hall–Kier alpha value is -0.990. The summed E-state index contributed by atoms with van der Waals surface area (Å²) in [6.45, 7) is 0.833. The van der Waals surface area contributed by atoms with Crippen LogP contribution in [-0.4, -0.2) is 28.3 Å². The SMILES string of the molecule is CCOC(=O)c1nn(CC(=O)[O-])c2c1CCC2(F)F.[Na+]. The summed E-state index contributed by atoms with van der Waals surface area (Å²) in [6, 6.07) is 0. The summed E-state index contributed by atoms with van der Waals surface area (Å²) in [4.78, 5) is 22.2. The van der Waals surface area contributed by atoms with Crippen molar-refractivity contribution in [2.75, 3.05) is 6.61 Å². The number of rotatable bonds is 4.